The van der Waals surface area contributed by atoms with Crippen molar-refractivity contribution in [3.05, 3.63) is 60.0 Å². The molecule has 1 amide bonds. The number of carbonyl (C=O) groups excluding carboxylic acids is 2. The van der Waals surface area contributed by atoms with Crippen LogP contribution in [0.4, 0.5) is 0 Å². The van der Waals surface area contributed by atoms with E-state index in [0.29, 0.717) is 31.2 Å². The fraction of sp³-hybridized carbons (Fsp3) is 0.400. The first-order valence-corrected chi connectivity index (χ1v) is 11.4. The third-order valence-corrected chi connectivity index (χ3v) is 6.37. The number of nitrogens with zero attached hydrogens (tertiary/aromatic N) is 3. The van der Waals surface area contributed by atoms with E-state index in [1.54, 1.807) is 11.8 Å². The monoisotopic (exact) mass is 449 g/mol. The van der Waals surface area contributed by atoms with E-state index in [1.807, 2.05) is 53.2 Å². The summed E-state index contributed by atoms with van der Waals surface area (Å²) >= 11 is 0. The third kappa shape index (κ3) is 4.25. The Hall–Kier alpha value is -3.55. The van der Waals surface area contributed by atoms with Gasteiger partial charge in [-0.05, 0) is 49.6 Å². The van der Waals surface area contributed by atoms with Crippen LogP contribution in [0, 0.1) is 5.92 Å². The van der Waals surface area contributed by atoms with E-state index in [4.69, 9.17) is 14.2 Å². The fourth-order valence-electron chi connectivity index (χ4n) is 4.69. The summed E-state index contributed by atoms with van der Waals surface area (Å²) in [4.78, 5) is 32.0. The maximum Gasteiger partial charge on any atom is 0.310 e. The van der Waals surface area contributed by atoms with Crippen molar-refractivity contribution in [3.8, 4) is 11.5 Å². The summed E-state index contributed by atoms with van der Waals surface area (Å²) in [6.45, 7) is 3.40. The molecule has 0 saturated carbocycles. The van der Waals surface area contributed by atoms with Crippen LogP contribution >= 0.6 is 0 Å². The van der Waals surface area contributed by atoms with Gasteiger partial charge in [0.25, 0.3) is 0 Å². The molecule has 0 N–H and O–H groups in total. The number of rotatable bonds is 6. The number of likely N-dealkylation sites (tertiary alicyclic amines) is 1. The van der Waals surface area contributed by atoms with Crippen LogP contribution in [-0.2, 0) is 14.3 Å². The van der Waals surface area contributed by atoms with Crippen molar-refractivity contribution in [2.24, 2.45) is 5.92 Å². The average molecular weight is 450 g/mol. The van der Waals surface area contributed by atoms with Crippen molar-refractivity contribution in [2.75, 3.05) is 26.5 Å². The normalized spacial score (nSPS) is 18.3. The topological polar surface area (TPSA) is 82.4 Å². The molecule has 0 radical (unpaired) electrons. The molecule has 2 aliphatic rings. The molecule has 2 unspecified atom stereocenters. The second-order valence-corrected chi connectivity index (χ2v) is 8.41. The van der Waals surface area contributed by atoms with Gasteiger partial charge in [-0.2, -0.15) is 0 Å². The van der Waals surface area contributed by atoms with Crippen LogP contribution in [0.5, 0.6) is 11.5 Å². The lowest BCUT2D eigenvalue weighted by atomic mass is 9.90. The molecule has 8 heteroatoms. The highest BCUT2D eigenvalue weighted by Gasteiger charge is 2.32. The van der Waals surface area contributed by atoms with Gasteiger partial charge in [0.2, 0.25) is 12.7 Å². The molecular weight excluding hydrogens is 422 g/mol. The highest BCUT2D eigenvalue weighted by atomic mass is 16.7. The van der Waals surface area contributed by atoms with Crippen molar-refractivity contribution < 1.29 is 23.8 Å². The quantitative estimate of drug-likeness (QED) is 0.537. The molecule has 3 aromatic rings. The molecule has 172 valence electrons. The van der Waals surface area contributed by atoms with Crippen molar-refractivity contribution >= 4 is 17.5 Å². The Kier molecular flexibility index (Phi) is 5.90. The van der Waals surface area contributed by atoms with Crippen LogP contribution < -0.4 is 9.47 Å². The number of amides is 1. The van der Waals surface area contributed by atoms with Gasteiger partial charge >= 0.3 is 5.97 Å². The number of pyridine rings is 1. The minimum Gasteiger partial charge on any atom is -0.466 e. The Labute approximate surface area is 192 Å². The Morgan fingerprint density at radius 1 is 1.21 bits per heavy atom. The molecular formula is C25H27N3O5. The van der Waals surface area contributed by atoms with E-state index in [0.717, 1.165) is 29.7 Å². The molecule has 1 aromatic carbocycles. The van der Waals surface area contributed by atoms with E-state index < -0.39 is 0 Å². The summed E-state index contributed by atoms with van der Waals surface area (Å²) in [5.74, 6) is 0.686. The number of imidazole rings is 1. The molecule has 2 aliphatic heterocycles. The number of fused-ring (bicyclic) bond motifs is 2. The number of carbonyl (C=O) groups is 2. The van der Waals surface area contributed by atoms with E-state index in [1.165, 1.54) is 0 Å². The first kappa shape index (κ1) is 21.3. The predicted molar refractivity (Wildman–Crippen MR) is 120 cm³/mol. The molecule has 0 aliphatic carbocycles. The van der Waals surface area contributed by atoms with Crippen LogP contribution in [0.25, 0.3) is 5.65 Å². The average Bonchev–Trinajstić information content (AvgIpc) is 3.49. The van der Waals surface area contributed by atoms with Gasteiger partial charge in [0.05, 0.1) is 18.2 Å². The summed E-state index contributed by atoms with van der Waals surface area (Å²) in [5, 5.41) is 0. The zero-order valence-corrected chi connectivity index (χ0v) is 18.6. The summed E-state index contributed by atoms with van der Waals surface area (Å²) in [6, 6.07) is 11.6. The molecule has 4 heterocycles. The van der Waals surface area contributed by atoms with Gasteiger partial charge in [0.15, 0.2) is 11.5 Å². The zero-order chi connectivity index (χ0) is 22.8. The largest absolute Gasteiger partial charge is 0.466 e. The minimum absolute atomic E-state index is 0.0116. The first-order valence-electron chi connectivity index (χ1n) is 11.4. The van der Waals surface area contributed by atoms with Crippen molar-refractivity contribution in [1.29, 1.82) is 0 Å². The van der Waals surface area contributed by atoms with E-state index in [2.05, 4.69) is 4.98 Å². The van der Waals surface area contributed by atoms with Crippen LogP contribution in [-0.4, -0.2) is 52.7 Å². The lowest BCUT2D eigenvalue weighted by Crippen LogP contribution is -2.43. The van der Waals surface area contributed by atoms with Crippen molar-refractivity contribution in [1.82, 2.24) is 14.3 Å². The number of esters is 1. The molecule has 5 rings (SSSR count). The van der Waals surface area contributed by atoms with Gasteiger partial charge in [-0.1, -0.05) is 12.1 Å². The van der Waals surface area contributed by atoms with E-state index >= 15 is 0 Å². The Balaban J connectivity index is 1.44. The molecule has 1 saturated heterocycles. The molecule has 2 aromatic heterocycles. The number of benzene rings is 1. The van der Waals surface area contributed by atoms with Gasteiger partial charge in [0, 0.05) is 37.8 Å². The summed E-state index contributed by atoms with van der Waals surface area (Å²) in [6.07, 6.45) is 5.59. The third-order valence-electron chi connectivity index (χ3n) is 6.37. The second-order valence-electron chi connectivity index (χ2n) is 8.41. The maximum absolute atomic E-state index is 13.5. The Morgan fingerprint density at radius 3 is 2.97 bits per heavy atom. The predicted octanol–water partition coefficient (Wildman–Crippen LogP) is 3.39. The fourth-order valence-corrected chi connectivity index (χ4v) is 4.69. The standard InChI is InChI=1S/C25H27N3O5/c1-2-31-25(30)18-6-5-10-27(15-18)24(29)13-19(17-8-9-21-22(12-17)33-16-32-21)20-14-26-23-7-3-4-11-28(20)23/h3-4,7-9,11-12,14,18-19H,2,5-6,10,13,15-16H2,1H3. The number of aromatic nitrogens is 2. The number of piperidine rings is 1. The smallest absolute Gasteiger partial charge is 0.310 e. The zero-order valence-electron chi connectivity index (χ0n) is 18.6. The van der Waals surface area contributed by atoms with Crippen molar-refractivity contribution in [3.63, 3.8) is 0 Å². The van der Waals surface area contributed by atoms with Crippen LogP contribution in [0.3, 0.4) is 0 Å². The van der Waals surface area contributed by atoms with Gasteiger partial charge in [-0.15, -0.1) is 0 Å². The van der Waals surface area contributed by atoms with E-state index in [9.17, 15) is 9.59 Å². The molecule has 33 heavy (non-hydrogen) atoms. The van der Waals surface area contributed by atoms with Gasteiger partial charge in [0.1, 0.15) is 5.65 Å². The van der Waals surface area contributed by atoms with Crippen molar-refractivity contribution in [2.45, 2.75) is 32.1 Å². The molecule has 0 bridgehead atoms. The molecule has 2 atom stereocenters. The molecule has 0 spiro atoms. The molecule has 1 fully saturated rings. The van der Waals surface area contributed by atoms with Crippen LogP contribution in [0.1, 0.15) is 43.4 Å². The molecule has 8 nitrogen and oxygen atoms in total. The lowest BCUT2D eigenvalue weighted by Gasteiger charge is -2.32. The van der Waals surface area contributed by atoms with E-state index in [-0.39, 0.29) is 36.9 Å². The Morgan fingerprint density at radius 2 is 2.09 bits per heavy atom. The second kappa shape index (κ2) is 9.13. The first-order chi connectivity index (χ1) is 16.1. The highest BCUT2D eigenvalue weighted by molar-refractivity contribution is 5.80. The van der Waals surface area contributed by atoms with Gasteiger partial charge in [-0.3, -0.25) is 9.59 Å². The number of ether oxygens (including phenoxy) is 3. The van der Waals surface area contributed by atoms with Crippen LogP contribution in [0.2, 0.25) is 0 Å². The highest BCUT2D eigenvalue weighted by Crippen LogP contribution is 2.38. The van der Waals surface area contributed by atoms with Gasteiger partial charge in [-0.25, -0.2) is 4.98 Å². The summed E-state index contributed by atoms with van der Waals surface area (Å²) < 4.78 is 18.3. The SMILES string of the molecule is CCOC(=O)C1CCCN(C(=O)CC(c2ccc3c(c2)OCO3)c2cnc3ccccn23)C1. The number of hydrogen-bond donors (Lipinski definition) is 0. The lowest BCUT2D eigenvalue weighted by molar-refractivity contribution is -0.151. The minimum atomic E-state index is -0.262. The Bertz CT molecular complexity index is 1170. The maximum atomic E-state index is 13.5. The van der Waals surface area contributed by atoms with Gasteiger partial charge < -0.3 is 23.5 Å². The van der Waals surface area contributed by atoms with Crippen LogP contribution in [0.15, 0.2) is 48.8 Å². The number of hydrogen-bond acceptors (Lipinski definition) is 6. The summed E-state index contributed by atoms with van der Waals surface area (Å²) in [7, 11) is 0. The summed E-state index contributed by atoms with van der Waals surface area (Å²) in [5.41, 5.74) is 2.71.